The van der Waals surface area contributed by atoms with Gasteiger partial charge in [-0.3, -0.25) is 23.7 Å². The largest absolute Gasteiger partial charge is 0.459 e. The van der Waals surface area contributed by atoms with Crippen molar-refractivity contribution in [1.29, 1.82) is 0 Å². The van der Waals surface area contributed by atoms with Crippen molar-refractivity contribution in [2.75, 3.05) is 18.9 Å². The third kappa shape index (κ3) is 12.2. The van der Waals surface area contributed by atoms with Crippen LogP contribution in [0.1, 0.15) is 82.3 Å². The normalized spacial score (nSPS) is 22.9. The van der Waals surface area contributed by atoms with Crippen molar-refractivity contribution in [2.45, 2.75) is 82.8 Å². The lowest BCUT2D eigenvalue weighted by Gasteiger charge is -2.33. The van der Waals surface area contributed by atoms with Crippen LogP contribution in [0, 0.1) is 0 Å². The Hall–Kier alpha value is -8.34. The minimum Gasteiger partial charge on any atom is -0.459 e. The van der Waals surface area contributed by atoms with E-state index in [1.54, 1.807) is 121 Å². The van der Waals surface area contributed by atoms with Gasteiger partial charge in [-0.1, -0.05) is 84.1 Å². The van der Waals surface area contributed by atoms with E-state index in [0.717, 1.165) is 18.3 Å². The Kier molecular flexibility index (Phi) is 16.4. The van der Waals surface area contributed by atoms with E-state index in [4.69, 9.17) is 48.4 Å². The van der Waals surface area contributed by atoms with Gasteiger partial charge in [0.05, 0.1) is 33.2 Å². The zero-order chi connectivity index (χ0) is 52.5. The van der Waals surface area contributed by atoms with Gasteiger partial charge in [0.15, 0.2) is 29.2 Å². The van der Waals surface area contributed by atoms with Gasteiger partial charge in [0.2, 0.25) is 18.3 Å². The molecule has 380 valence electrons. The molecule has 22 heteroatoms. The fourth-order valence-corrected chi connectivity index (χ4v) is 8.76. The number of nitrogen functional groups attached to an aromatic ring is 1. The fourth-order valence-electron chi connectivity index (χ4n) is 7.94. The van der Waals surface area contributed by atoms with Gasteiger partial charge in [0.1, 0.15) is 25.4 Å². The van der Waals surface area contributed by atoms with Gasteiger partial charge < -0.3 is 48.4 Å². The molecule has 0 unspecified atom stereocenters. The second-order valence-corrected chi connectivity index (χ2v) is 17.6. The molecule has 0 spiro atoms. The Morgan fingerprint density at radius 2 is 1.00 bits per heavy atom. The predicted molar refractivity (Wildman–Crippen MR) is 256 cm³/mol. The number of rotatable bonds is 14. The van der Waals surface area contributed by atoms with Crippen LogP contribution in [0.15, 0.2) is 132 Å². The van der Waals surface area contributed by atoms with E-state index in [1.807, 2.05) is 0 Å². The molecule has 0 saturated carbocycles. The summed E-state index contributed by atoms with van der Waals surface area (Å²) in [6, 6.07) is 32.8. The molecular weight excluding hydrogens is 973 g/mol. The summed E-state index contributed by atoms with van der Waals surface area (Å²) in [6.07, 6.45) is -6.25. The molecule has 73 heavy (non-hydrogen) atoms. The molecule has 6 aromatic rings. The maximum absolute atomic E-state index is 13.2. The molecule has 8 rings (SSSR count). The summed E-state index contributed by atoms with van der Waals surface area (Å²) in [4.78, 5) is 108. The summed E-state index contributed by atoms with van der Waals surface area (Å²) >= 11 is 0.836. The van der Waals surface area contributed by atoms with Crippen LogP contribution in [0.5, 0.6) is 0 Å². The Labute approximate surface area is 420 Å². The molecule has 2 saturated heterocycles. The van der Waals surface area contributed by atoms with Crippen LogP contribution in [0.2, 0.25) is 0 Å². The summed E-state index contributed by atoms with van der Waals surface area (Å²) in [6.45, 7) is 5.72. The van der Waals surface area contributed by atoms with E-state index in [2.05, 4.69) is 9.97 Å². The number of carbonyl (C=O) groups excluding carboxylic acids is 7. The molecule has 4 heterocycles. The van der Waals surface area contributed by atoms with Crippen molar-refractivity contribution in [3.63, 3.8) is 0 Å². The number of nitrogens with two attached hydrogens (primary N) is 1. The van der Waals surface area contributed by atoms with Gasteiger partial charge in [-0.15, -0.1) is 0 Å². The highest BCUT2D eigenvalue weighted by Gasteiger charge is 2.62. The maximum atomic E-state index is 13.2. The third-order valence-corrected chi connectivity index (χ3v) is 12.3. The SMILES string of the molecule is CC(=O)O[C@H]1O[C@H](COC(=O)c2ccccc2)[C@@](C)(OC(C)=O)[C@H]1OC(=O)c1ccccc1.CC(=O)O[C@]1(C)[C@@H](COC(=O)c2ccccc2)O[C@@H](n2c(=O)sc3cnc(N)nc32)[C@@H]1OC(=O)c1ccccc1. The first-order chi connectivity index (χ1) is 34.9. The number of fused-ring (bicyclic) bond motifs is 1. The zero-order valence-corrected chi connectivity index (χ0v) is 40.6. The number of hydrogen-bond donors (Lipinski definition) is 1. The Morgan fingerprint density at radius 3 is 1.44 bits per heavy atom. The van der Waals surface area contributed by atoms with Gasteiger partial charge in [0, 0.05) is 20.8 Å². The number of esters is 7. The van der Waals surface area contributed by atoms with Crippen LogP contribution in [0.4, 0.5) is 5.95 Å². The van der Waals surface area contributed by atoms with Gasteiger partial charge in [-0.05, 0) is 62.4 Å². The lowest BCUT2D eigenvalue weighted by Crippen LogP contribution is -2.52. The van der Waals surface area contributed by atoms with Gasteiger partial charge >= 0.3 is 46.7 Å². The van der Waals surface area contributed by atoms with Crippen LogP contribution in [-0.4, -0.2) is 111 Å². The Balaban J connectivity index is 0.000000218. The summed E-state index contributed by atoms with van der Waals surface area (Å²) < 4.78 is 52.3. The van der Waals surface area contributed by atoms with Crippen molar-refractivity contribution in [3.8, 4) is 0 Å². The van der Waals surface area contributed by atoms with Crippen molar-refractivity contribution in [2.24, 2.45) is 0 Å². The van der Waals surface area contributed by atoms with Crippen molar-refractivity contribution < 1.29 is 76.2 Å². The molecule has 2 aliphatic heterocycles. The Morgan fingerprint density at radius 1 is 0.589 bits per heavy atom. The van der Waals surface area contributed by atoms with Crippen LogP contribution in [-0.2, 0) is 57.0 Å². The summed E-state index contributed by atoms with van der Waals surface area (Å²) in [5.74, 6) is -4.94. The monoisotopic (exact) mass is 1020 g/mol. The highest BCUT2D eigenvalue weighted by atomic mass is 32.1. The molecule has 0 aliphatic carbocycles. The number of nitrogens with zero attached hydrogens (tertiary/aromatic N) is 3. The number of thiazole rings is 1. The van der Waals surface area contributed by atoms with Gasteiger partial charge in [-0.2, -0.15) is 4.98 Å². The first kappa shape index (κ1) is 52.5. The van der Waals surface area contributed by atoms with Crippen LogP contribution < -0.4 is 10.6 Å². The number of benzene rings is 4. The van der Waals surface area contributed by atoms with E-state index >= 15 is 0 Å². The molecule has 0 radical (unpaired) electrons. The fraction of sp³-hybridized carbons (Fsp3) is 0.294. The van der Waals surface area contributed by atoms with Gasteiger partial charge in [0.25, 0.3) is 0 Å². The van der Waals surface area contributed by atoms with Crippen LogP contribution >= 0.6 is 11.3 Å². The summed E-state index contributed by atoms with van der Waals surface area (Å²) in [5, 5.41) is 0. The van der Waals surface area contributed by atoms with Crippen molar-refractivity contribution >= 4 is 69.4 Å². The quantitative estimate of drug-likeness (QED) is 0.105. The van der Waals surface area contributed by atoms with E-state index in [1.165, 1.54) is 38.5 Å². The number of anilines is 1. The molecule has 0 amide bonds. The number of carbonyl (C=O) groups is 7. The first-order valence-corrected chi connectivity index (χ1v) is 23.2. The van der Waals surface area contributed by atoms with Crippen molar-refractivity contribution in [3.05, 3.63) is 159 Å². The molecule has 2 aliphatic rings. The molecule has 4 aromatic carbocycles. The second kappa shape index (κ2) is 22.8. The summed E-state index contributed by atoms with van der Waals surface area (Å²) in [7, 11) is 0. The highest BCUT2D eigenvalue weighted by molar-refractivity contribution is 7.16. The van der Waals surface area contributed by atoms with Crippen LogP contribution in [0.25, 0.3) is 10.3 Å². The van der Waals surface area contributed by atoms with Gasteiger partial charge in [-0.25, -0.2) is 24.2 Å². The molecule has 0 bridgehead atoms. The molecule has 2 fully saturated rings. The molecule has 21 nitrogen and oxygen atoms in total. The van der Waals surface area contributed by atoms with E-state index in [0.29, 0.717) is 15.8 Å². The Bertz CT molecular complexity index is 3030. The summed E-state index contributed by atoms with van der Waals surface area (Å²) in [5.41, 5.74) is 3.69. The zero-order valence-electron chi connectivity index (χ0n) is 39.8. The number of hydrogen-bond acceptors (Lipinski definition) is 21. The minimum absolute atomic E-state index is 0.0917. The number of aromatic nitrogens is 3. The molecular formula is C51H48N4O17S. The number of ether oxygens (including phenoxy) is 9. The van der Waals surface area contributed by atoms with E-state index in [-0.39, 0.29) is 35.9 Å². The minimum atomic E-state index is -1.69. The smallest absolute Gasteiger partial charge is 0.338 e. The lowest BCUT2D eigenvalue weighted by atomic mass is 9.93. The molecule has 2 N–H and O–H groups in total. The molecule has 8 atom stereocenters. The van der Waals surface area contributed by atoms with Crippen LogP contribution in [0.3, 0.4) is 0 Å². The second-order valence-electron chi connectivity index (χ2n) is 16.6. The molecule has 2 aromatic heterocycles. The standard InChI is InChI=1S/C27H24N4O8S.C24H24O9/c1-15(32)39-27(2)19(14-36-23(33)16-9-5-3-6-10-16)37-22(20(27)38-24(34)17-11-7-4-8-12-17)31-21-18(40-26(31)35)13-29-25(28)30-21;1-15(25)30-23-20(32-22(28)18-12-8-5-9-13-18)24(3,33-16(2)26)19(31-23)14-29-21(27)17-10-6-4-7-11-17/h3-13,19-20,22H,14H2,1-2H3,(H2,28,29,30);4-13,19-20,23H,14H2,1-3H3/t19-,20+,22-,27-;19-,20+,23+,24-/m11/s1. The average molecular weight is 1020 g/mol. The predicted octanol–water partition coefficient (Wildman–Crippen LogP) is 5.42. The van der Waals surface area contributed by atoms with Crippen molar-refractivity contribution in [1.82, 2.24) is 14.5 Å². The van der Waals surface area contributed by atoms with E-state index < -0.39 is 94.8 Å². The highest BCUT2D eigenvalue weighted by Crippen LogP contribution is 2.44. The van der Waals surface area contributed by atoms with E-state index in [9.17, 15) is 38.4 Å². The topological polar surface area (TPSA) is 276 Å². The average Bonchev–Trinajstić information content (AvgIpc) is 3.92. The first-order valence-electron chi connectivity index (χ1n) is 22.3. The third-order valence-electron chi connectivity index (χ3n) is 11.4. The maximum Gasteiger partial charge on any atom is 0.338 e. The lowest BCUT2D eigenvalue weighted by molar-refractivity contribution is -0.188.